The number of halogens is 1. The van der Waals surface area contributed by atoms with Gasteiger partial charge in [0.05, 0.1) is 0 Å². The maximum Gasteiger partial charge on any atom is 0.131 e. The minimum Gasteiger partial charge on any atom is -0.206 e. The fourth-order valence-corrected chi connectivity index (χ4v) is 4.86. The van der Waals surface area contributed by atoms with Gasteiger partial charge in [-0.3, -0.25) is 0 Å². The summed E-state index contributed by atoms with van der Waals surface area (Å²) in [6.07, 6.45) is 5.26. The Labute approximate surface area is 171 Å². The van der Waals surface area contributed by atoms with Crippen molar-refractivity contribution >= 4 is 10.2 Å². The van der Waals surface area contributed by atoms with Crippen LogP contribution in [0.2, 0.25) is 0 Å². The maximum atomic E-state index is 14.8. The summed E-state index contributed by atoms with van der Waals surface area (Å²) in [5, 5.41) is 0. The van der Waals surface area contributed by atoms with E-state index in [1.165, 1.54) is 36.8 Å². The van der Waals surface area contributed by atoms with Crippen LogP contribution in [-0.4, -0.2) is 10.2 Å². The Balaban J connectivity index is 1.53. The molecule has 28 heavy (non-hydrogen) atoms. The molecule has 1 aliphatic carbocycles. The van der Waals surface area contributed by atoms with Crippen molar-refractivity contribution in [2.24, 2.45) is 5.92 Å². The number of rotatable bonds is 4. The van der Waals surface area contributed by atoms with Gasteiger partial charge in [-0.25, -0.2) is 4.39 Å². The lowest BCUT2D eigenvalue weighted by atomic mass is 9.79. The highest BCUT2D eigenvalue weighted by molar-refractivity contribution is 6.08. The van der Waals surface area contributed by atoms with Crippen molar-refractivity contribution in [2.45, 2.75) is 44.6 Å². The molecular formula is C26H29FSi. The number of benzene rings is 3. The van der Waals surface area contributed by atoms with Crippen LogP contribution in [0.3, 0.4) is 0 Å². The molecule has 0 N–H and O–H groups in total. The van der Waals surface area contributed by atoms with Crippen LogP contribution in [0.25, 0.3) is 22.3 Å². The Morgan fingerprint density at radius 2 is 1.39 bits per heavy atom. The van der Waals surface area contributed by atoms with Gasteiger partial charge < -0.3 is 0 Å². The Hall–Kier alpha value is -2.19. The molecule has 2 heteroatoms. The van der Waals surface area contributed by atoms with Crippen molar-refractivity contribution in [3.63, 3.8) is 0 Å². The van der Waals surface area contributed by atoms with E-state index in [1.54, 1.807) is 6.07 Å². The standard InChI is InChI=1S/C26H29FSi/c1-18-2-6-20(7-3-18)21-10-12-22(13-11-21)24-14-15-25(26(27)16-24)23-8-4-19(17-28)5-9-23/h4-5,8-16,18,20H,2-3,6-7,17H2,1,28H3. The monoisotopic (exact) mass is 388 g/mol. The lowest BCUT2D eigenvalue weighted by Gasteiger charge is -2.26. The Bertz CT molecular complexity index is 920. The number of hydrogen-bond acceptors (Lipinski definition) is 0. The molecule has 0 atom stereocenters. The highest BCUT2D eigenvalue weighted by Gasteiger charge is 2.19. The largest absolute Gasteiger partial charge is 0.206 e. The average molecular weight is 389 g/mol. The second kappa shape index (κ2) is 8.44. The first-order valence-electron chi connectivity index (χ1n) is 10.6. The maximum absolute atomic E-state index is 14.8. The van der Waals surface area contributed by atoms with Gasteiger partial charge in [-0.2, -0.15) is 0 Å². The first kappa shape index (κ1) is 19.1. The third-order valence-electron chi connectivity index (χ3n) is 6.37. The molecule has 0 aromatic heterocycles. The molecule has 0 aliphatic heterocycles. The Morgan fingerprint density at radius 3 is 2.00 bits per heavy atom. The fourth-order valence-electron chi connectivity index (χ4n) is 4.39. The van der Waals surface area contributed by atoms with Gasteiger partial charge in [-0.15, -0.1) is 0 Å². The third kappa shape index (κ3) is 4.12. The van der Waals surface area contributed by atoms with Gasteiger partial charge in [0.25, 0.3) is 0 Å². The SMILES string of the molecule is CC1CCC(c2ccc(-c3ccc(-c4ccc(C[SiH3])cc4)c(F)c3)cc2)CC1. The van der Waals surface area contributed by atoms with Gasteiger partial charge in [0.15, 0.2) is 0 Å². The molecule has 0 heterocycles. The van der Waals surface area contributed by atoms with Crippen LogP contribution in [0.4, 0.5) is 4.39 Å². The summed E-state index contributed by atoms with van der Waals surface area (Å²) in [7, 11) is 1.15. The average Bonchev–Trinajstić information content (AvgIpc) is 2.74. The van der Waals surface area contributed by atoms with E-state index < -0.39 is 0 Å². The molecule has 3 aromatic rings. The van der Waals surface area contributed by atoms with Crippen molar-refractivity contribution in [3.05, 3.63) is 83.7 Å². The molecular weight excluding hydrogens is 359 g/mol. The van der Waals surface area contributed by atoms with Crippen LogP contribution in [0.1, 0.15) is 49.7 Å². The predicted octanol–water partition coefficient (Wildman–Crippen LogP) is 6.32. The molecule has 0 spiro atoms. The van der Waals surface area contributed by atoms with E-state index in [0.29, 0.717) is 11.5 Å². The summed E-state index contributed by atoms with van der Waals surface area (Å²) < 4.78 is 14.8. The zero-order valence-corrected chi connectivity index (χ0v) is 18.9. The summed E-state index contributed by atoms with van der Waals surface area (Å²) in [6.45, 7) is 2.36. The molecule has 1 saturated carbocycles. The fraction of sp³-hybridized carbons (Fsp3) is 0.308. The predicted molar refractivity (Wildman–Crippen MR) is 121 cm³/mol. The summed E-state index contributed by atoms with van der Waals surface area (Å²) in [6, 6.07) is 23.8. The van der Waals surface area contributed by atoms with Crippen molar-refractivity contribution in [2.75, 3.05) is 0 Å². The number of hydrogen-bond donors (Lipinski definition) is 0. The van der Waals surface area contributed by atoms with Crippen molar-refractivity contribution in [3.8, 4) is 22.3 Å². The molecule has 4 rings (SSSR count). The summed E-state index contributed by atoms with van der Waals surface area (Å²) in [5.41, 5.74) is 6.43. The van der Waals surface area contributed by atoms with E-state index >= 15 is 0 Å². The Kier molecular flexibility index (Phi) is 5.77. The zero-order chi connectivity index (χ0) is 19.5. The third-order valence-corrected chi connectivity index (χ3v) is 7.19. The molecule has 3 aromatic carbocycles. The van der Waals surface area contributed by atoms with Crippen molar-refractivity contribution < 1.29 is 4.39 Å². The lowest BCUT2D eigenvalue weighted by Crippen LogP contribution is -2.10. The van der Waals surface area contributed by atoms with Crippen LogP contribution < -0.4 is 0 Å². The summed E-state index contributed by atoms with van der Waals surface area (Å²) in [4.78, 5) is 0. The van der Waals surface area contributed by atoms with E-state index in [4.69, 9.17) is 0 Å². The molecule has 1 fully saturated rings. The topological polar surface area (TPSA) is 0 Å². The molecule has 0 amide bonds. The van der Waals surface area contributed by atoms with Gasteiger partial charge in [-0.05, 0) is 59.0 Å². The minimum atomic E-state index is -0.151. The molecule has 1 aliphatic rings. The van der Waals surface area contributed by atoms with Crippen LogP contribution in [-0.2, 0) is 6.04 Å². The minimum absolute atomic E-state index is 0.151. The summed E-state index contributed by atoms with van der Waals surface area (Å²) in [5.74, 6) is 1.41. The Morgan fingerprint density at radius 1 is 0.786 bits per heavy atom. The highest BCUT2D eigenvalue weighted by Crippen LogP contribution is 2.36. The molecule has 0 nitrogen and oxygen atoms in total. The van der Waals surface area contributed by atoms with Crippen LogP contribution in [0, 0.1) is 11.7 Å². The van der Waals surface area contributed by atoms with E-state index in [0.717, 1.165) is 38.9 Å². The van der Waals surface area contributed by atoms with Gasteiger partial charge in [0, 0.05) is 15.8 Å². The smallest absolute Gasteiger partial charge is 0.131 e. The molecule has 0 radical (unpaired) electrons. The quantitative estimate of drug-likeness (QED) is 0.459. The molecule has 0 saturated heterocycles. The van der Waals surface area contributed by atoms with Crippen LogP contribution in [0.5, 0.6) is 0 Å². The normalized spacial score (nSPS) is 19.6. The van der Waals surface area contributed by atoms with Crippen molar-refractivity contribution in [1.29, 1.82) is 0 Å². The van der Waals surface area contributed by atoms with E-state index in [9.17, 15) is 4.39 Å². The van der Waals surface area contributed by atoms with Gasteiger partial charge >= 0.3 is 0 Å². The van der Waals surface area contributed by atoms with E-state index in [-0.39, 0.29) is 5.82 Å². The molecule has 0 unspecified atom stereocenters. The zero-order valence-electron chi connectivity index (χ0n) is 16.9. The summed E-state index contributed by atoms with van der Waals surface area (Å²) >= 11 is 0. The van der Waals surface area contributed by atoms with Crippen LogP contribution in [0.15, 0.2) is 66.7 Å². The van der Waals surface area contributed by atoms with Crippen LogP contribution >= 0.6 is 0 Å². The molecule has 0 bridgehead atoms. The highest BCUT2D eigenvalue weighted by atomic mass is 28.1. The first-order chi connectivity index (χ1) is 13.6. The second-order valence-electron chi connectivity index (χ2n) is 8.32. The lowest BCUT2D eigenvalue weighted by molar-refractivity contribution is 0.348. The second-order valence-corrected chi connectivity index (χ2v) is 9.03. The van der Waals surface area contributed by atoms with Gasteiger partial charge in [0.1, 0.15) is 5.82 Å². The van der Waals surface area contributed by atoms with Gasteiger partial charge in [0.2, 0.25) is 0 Å². The van der Waals surface area contributed by atoms with Gasteiger partial charge in [-0.1, -0.05) is 86.0 Å². The molecule has 144 valence electrons. The van der Waals surface area contributed by atoms with E-state index in [2.05, 4.69) is 43.3 Å². The van der Waals surface area contributed by atoms with E-state index in [1.807, 2.05) is 24.3 Å². The first-order valence-corrected chi connectivity index (χ1v) is 12.0. The van der Waals surface area contributed by atoms with Crippen molar-refractivity contribution in [1.82, 2.24) is 0 Å².